The van der Waals surface area contributed by atoms with Crippen LogP contribution in [0.25, 0.3) is 0 Å². The standard InChI is InChI=1S/C23H33ClN2O3/c1-28-20-7-4-12-26(16-20)23(27)21-15-17(24)8-9-22(21)29-19-10-13-25(14-11-19)18-5-2-3-6-18/h8-9,15,18-20H,2-7,10-14,16H2,1H3/t20-/m0/s1. The lowest BCUT2D eigenvalue weighted by Crippen LogP contribution is -2.44. The average molecular weight is 421 g/mol. The molecule has 5 nitrogen and oxygen atoms in total. The summed E-state index contributed by atoms with van der Waals surface area (Å²) < 4.78 is 11.8. The van der Waals surface area contributed by atoms with Crippen LogP contribution in [0.4, 0.5) is 0 Å². The molecule has 3 fully saturated rings. The summed E-state index contributed by atoms with van der Waals surface area (Å²) in [4.78, 5) is 17.7. The highest BCUT2D eigenvalue weighted by atomic mass is 35.5. The SMILES string of the molecule is CO[C@H]1CCCN(C(=O)c2cc(Cl)ccc2OC2CCN(C3CCCC3)CC2)C1. The molecule has 1 amide bonds. The number of methoxy groups -OCH3 is 1. The van der Waals surface area contributed by atoms with Gasteiger partial charge in [0, 0.05) is 44.4 Å². The van der Waals surface area contributed by atoms with Gasteiger partial charge in [-0.25, -0.2) is 0 Å². The van der Waals surface area contributed by atoms with Crippen LogP contribution in [0.2, 0.25) is 5.02 Å². The highest BCUT2D eigenvalue weighted by Gasteiger charge is 2.30. The van der Waals surface area contributed by atoms with Gasteiger partial charge in [0.05, 0.1) is 11.7 Å². The molecule has 0 aromatic heterocycles. The van der Waals surface area contributed by atoms with Crippen LogP contribution in [0, 0.1) is 0 Å². The maximum absolute atomic E-state index is 13.2. The second-order valence-electron chi connectivity index (χ2n) is 8.68. The minimum Gasteiger partial charge on any atom is -0.489 e. The third kappa shape index (κ3) is 5.07. The predicted octanol–water partition coefficient (Wildman–Crippen LogP) is 4.38. The number of carbonyl (C=O) groups is 1. The van der Waals surface area contributed by atoms with Gasteiger partial charge in [0.15, 0.2) is 0 Å². The van der Waals surface area contributed by atoms with Crippen LogP contribution in [0.1, 0.15) is 61.7 Å². The van der Waals surface area contributed by atoms with Crippen LogP contribution in [0.15, 0.2) is 18.2 Å². The van der Waals surface area contributed by atoms with E-state index in [-0.39, 0.29) is 18.1 Å². The van der Waals surface area contributed by atoms with Crippen molar-refractivity contribution in [3.63, 3.8) is 0 Å². The van der Waals surface area contributed by atoms with Crippen molar-refractivity contribution in [2.45, 2.75) is 69.6 Å². The summed E-state index contributed by atoms with van der Waals surface area (Å²) in [5, 5.41) is 0.567. The molecule has 0 N–H and O–H groups in total. The molecule has 1 saturated carbocycles. The number of carbonyl (C=O) groups excluding carboxylic acids is 1. The minimum absolute atomic E-state index is 0.00681. The van der Waals surface area contributed by atoms with E-state index in [1.54, 1.807) is 13.2 Å². The summed E-state index contributed by atoms with van der Waals surface area (Å²) >= 11 is 6.23. The van der Waals surface area contributed by atoms with Gasteiger partial charge in [-0.1, -0.05) is 24.4 Å². The quantitative estimate of drug-likeness (QED) is 0.709. The van der Waals surface area contributed by atoms with E-state index < -0.39 is 0 Å². The van der Waals surface area contributed by atoms with Crippen molar-refractivity contribution in [1.82, 2.24) is 9.80 Å². The van der Waals surface area contributed by atoms with Crippen LogP contribution in [-0.2, 0) is 4.74 Å². The molecule has 6 heteroatoms. The Morgan fingerprint density at radius 1 is 1.00 bits per heavy atom. The van der Waals surface area contributed by atoms with Crippen molar-refractivity contribution < 1.29 is 14.3 Å². The zero-order chi connectivity index (χ0) is 20.2. The Morgan fingerprint density at radius 2 is 1.76 bits per heavy atom. The van der Waals surface area contributed by atoms with Gasteiger partial charge >= 0.3 is 0 Å². The van der Waals surface area contributed by atoms with Gasteiger partial charge in [-0.15, -0.1) is 0 Å². The van der Waals surface area contributed by atoms with E-state index in [2.05, 4.69) is 4.90 Å². The first-order chi connectivity index (χ1) is 14.1. The van der Waals surface area contributed by atoms with Crippen molar-refractivity contribution in [1.29, 1.82) is 0 Å². The number of benzene rings is 1. The largest absolute Gasteiger partial charge is 0.489 e. The van der Waals surface area contributed by atoms with Gasteiger partial charge < -0.3 is 19.3 Å². The van der Waals surface area contributed by atoms with E-state index in [0.29, 0.717) is 22.9 Å². The van der Waals surface area contributed by atoms with E-state index in [0.717, 1.165) is 51.4 Å². The van der Waals surface area contributed by atoms with Crippen LogP contribution in [0.3, 0.4) is 0 Å². The Bertz CT molecular complexity index is 699. The van der Waals surface area contributed by atoms with E-state index in [9.17, 15) is 4.79 Å². The zero-order valence-electron chi connectivity index (χ0n) is 17.4. The fourth-order valence-corrected chi connectivity index (χ4v) is 5.24. The lowest BCUT2D eigenvalue weighted by Gasteiger charge is -2.36. The molecule has 2 aliphatic heterocycles. The van der Waals surface area contributed by atoms with E-state index in [1.807, 2.05) is 17.0 Å². The Labute approximate surface area is 179 Å². The monoisotopic (exact) mass is 420 g/mol. The lowest BCUT2D eigenvalue weighted by molar-refractivity contribution is 0.0263. The van der Waals surface area contributed by atoms with Crippen molar-refractivity contribution in [2.24, 2.45) is 0 Å². The fourth-order valence-electron chi connectivity index (χ4n) is 5.07. The first-order valence-corrected chi connectivity index (χ1v) is 11.5. The predicted molar refractivity (Wildman–Crippen MR) is 115 cm³/mol. The lowest BCUT2D eigenvalue weighted by atomic mass is 10.0. The molecule has 4 rings (SSSR count). The number of halogens is 1. The highest BCUT2D eigenvalue weighted by Crippen LogP contribution is 2.30. The van der Waals surface area contributed by atoms with Crippen LogP contribution in [-0.4, -0.2) is 67.2 Å². The van der Waals surface area contributed by atoms with Gasteiger partial charge in [0.2, 0.25) is 0 Å². The first kappa shape index (κ1) is 21.0. The van der Waals surface area contributed by atoms with E-state index in [1.165, 1.54) is 25.7 Å². The maximum Gasteiger partial charge on any atom is 0.257 e. The molecule has 160 valence electrons. The second-order valence-corrected chi connectivity index (χ2v) is 9.12. The maximum atomic E-state index is 13.2. The molecule has 1 aromatic carbocycles. The van der Waals surface area contributed by atoms with Crippen LogP contribution in [0.5, 0.6) is 5.75 Å². The number of ether oxygens (including phenoxy) is 2. The number of likely N-dealkylation sites (tertiary alicyclic amines) is 2. The topological polar surface area (TPSA) is 42.0 Å². The highest BCUT2D eigenvalue weighted by molar-refractivity contribution is 6.31. The molecule has 0 unspecified atom stereocenters. The third-order valence-corrected chi connectivity index (χ3v) is 7.02. The average Bonchev–Trinajstić information content (AvgIpc) is 3.30. The number of hydrogen-bond donors (Lipinski definition) is 0. The Hall–Kier alpha value is -1.30. The van der Waals surface area contributed by atoms with Gasteiger partial charge in [-0.3, -0.25) is 4.79 Å². The molecule has 3 aliphatic rings. The van der Waals surface area contributed by atoms with Crippen LogP contribution < -0.4 is 4.74 Å². The molecule has 1 aromatic rings. The number of hydrogen-bond acceptors (Lipinski definition) is 4. The van der Waals surface area contributed by atoms with Gasteiger partial charge in [-0.05, 0) is 56.7 Å². The van der Waals surface area contributed by atoms with Crippen molar-refractivity contribution in [3.05, 3.63) is 28.8 Å². The molecule has 0 bridgehead atoms. The number of piperidine rings is 2. The number of nitrogens with zero attached hydrogens (tertiary/aromatic N) is 2. The van der Waals surface area contributed by atoms with Gasteiger partial charge in [0.25, 0.3) is 5.91 Å². The van der Waals surface area contributed by atoms with Gasteiger partial charge in [0.1, 0.15) is 11.9 Å². The molecule has 0 radical (unpaired) electrons. The molecule has 2 saturated heterocycles. The van der Waals surface area contributed by atoms with Crippen LogP contribution >= 0.6 is 11.6 Å². The van der Waals surface area contributed by atoms with E-state index >= 15 is 0 Å². The Morgan fingerprint density at radius 3 is 2.48 bits per heavy atom. The fraction of sp³-hybridized carbons (Fsp3) is 0.696. The summed E-state index contributed by atoms with van der Waals surface area (Å²) in [6, 6.07) is 6.20. The number of rotatable bonds is 5. The summed E-state index contributed by atoms with van der Waals surface area (Å²) in [5.74, 6) is 0.658. The summed E-state index contributed by atoms with van der Waals surface area (Å²) in [5.41, 5.74) is 0.576. The molecule has 0 spiro atoms. The van der Waals surface area contributed by atoms with E-state index in [4.69, 9.17) is 21.1 Å². The molecule has 1 atom stereocenters. The summed E-state index contributed by atoms with van der Waals surface area (Å²) in [6.45, 7) is 3.56. The Balaban J connectivity index is 1.41. The zero-order valence-corrected chi connectivity index (χ0v) is 18.2. The van der Waals surface area contributed by atoms with Crippen molar-refractivity contribution in [2.75, 3.05) is 33.3 Å². The number of amides is 1. The summed E-state index contributed by atoms with van der Waals surface area (Å²) in [6.07, 6.45) is 9.70. The first-order valence-electron chi connectivity index (χ1n) is 11.2. The van der Waals surface area contributed by atoms with Crippen molar-refractivity contribution in [3.8, 4) is 5.75 Å². The molecule has 2 heterocycles. The summed E-state index contributed by atoms with van der Waals surface area (Å²) in [7, 11) is 1.71. The minimum atomic E-state index is -0.00681. The smallest absolute Gasteiger partial charge is 0.257 e. The third-order valence-electron chi connectivity index (χ3n) is 6.78. The van der Waals surface area contributed by atoms with Gasteiger partial charge in [-0.2, -0.15) is 0 Å². The second kappa shape index (κ2) is 9.67. The molecule has 1 aliphatic carbocycles. The normalized spacial score (nSPS) is 24.8. The Kier molecular flexibility index (Phi) is 6.99. The molecular formula is C23H33ClN2O3. The van der Waals surface area contributed by atoms with Crippen molar-refractivity contribution >= 4 is 17.5 Å². The molecular weight excluding hydrogens is 388 g/mol. The molecule has 29 heavy (non-hydrogen) atoms.